The van der Waals surface area contributed by atoms with Crippen molar-refractivity contribution in [2.75, 3.05) is 18.4 Å². The van der Waals surface area contributed by atoms with E-state index in [1.807, 2.05) is 36.9 Å². The number of urea groups is 1. The van der Waals surface area contributed by atoms with Crippen molar-refractivity contribution in [3.8, 4) is 0 Å². The maximum absolute atomic E-state index is 14.0. The molecule has 3 rings (SSSR count). The molecule has 1 N–H and O–H groups in total. The molecule has 0 fully saturated rings. The lowest BCUT2D eigenvalue weighted by molar-refractivity contribution is -0.133. The molecule has 0 atom stereocenters. The first-order chi connectivity index (χ1) is 15.9. The van der Waals surface area contributed by atoms with Crippen LogP contribution in [0.15, 0.2) is 59.3 Å². The Balaban J connectivity index is 1.75. The van der Waals surface area contributed by atoms with Gasteiger partial charge in [-0.15, -0.1) is 0 Å². The molecule has 0 saturated carbocycles. The van der Waals surface area contributed by atoms with Gasteiger partial charge in [0.1, 0.15) is 23.9 Å². The molecule has 33 heavy (non-hydrogen) atoms. The van der Waals surface area contributed by atoms with Gasteiger partial charge in [0.15, 0.2) is 0 Å². The summed E-state index contributed by atoms with van der Waals surface area (Å²) >= 11 is 0. The fourth-order valence-corrected chi connectivity index (χ4v) is 3.33. The highest BCUT2D eigenvalue weighted by Gasteiger charge is 2.23. The van der Waals surface area contributed by atoms with Gasteiger partial charge in [0.05, 0.1) is 25.0 Å². The van der Waals surface area contributed by atoms with Crippen LogP contribution in [-0.4, -0.2) is 39.4 Å². The highest BCUT2D eigenvalue weighted by molar-refractivity contribution is 5.92. The van der Waals surface area contributed by atoms with Gasteiger partial charge in [-0.3, -0.25) is 4.79 Å². The molecule has 0 aliphatic carbocycles. The van der Waals surface area contributed by atoms with E-state index in [2.05, 4.69) is 5.32 Å². The summed E-state index contributed by atoms with van der Waals surface area (Å²) in [5, 5.41) is 2.44. The molecular weight excluding hydrogens is 430 g/mol. The van der Waals surface area contributed by atoms with Crippen molar-refractivity contribution >= 4 is 17.6 Å². The van der Waals surface area contributed by atoms with Gasteiger partial charge in [-0.1, -0.05) is 13.3 Å². The molecule has 0 unspecified atom stereocenters. The third-order valence-corrected chi connectivity index (χ3v) is 5.25. The monoisotopic (exact) mass is 458 g/mol. The zero-order valence-electron chi connectivity index (χ0n) is 18.8. The van der Waals surface area contributed by atoms with Crippen LogP contribution in [0.4, 0.5) is 19.3 Å². The van der Waals surface area contributed by atoms with Crippen LogP contribution in [0.2, 0.25) is 0 Å². The summed E-state index contributed by atoms with van der Waals surface area (Å²) in [7, 11) is 1.89. The van der Waals surface area contributed by atoms with Crippen LogP contribution in [0, 0.1) is 11.6 Å². The molecule has 0 aliphatic rings. The van der Waals surface area contributed by atoms with Gasteiger partial charge in [0.25, 0.3) is 0 Å². The van der Waals surface area contributed by atoms with E-state index in [4.69, 9.17) is 4.42 Å². The Kier molecular flexibility index (Phi) is 8.23. The summed E-state index contributed by atoms with van der Waals surface area (Å²) in [6.07, 6.45) is 4.91. The molecule has 0 radical (unpaired) electrons. The highest BCUT2D eigenvalue weighted by Crippen LogP contribution is 2.17. The average Bonchev–Trinajstić information content (AvgIpc) is 3.44. The topological polar surface area (TPSA) is 70.7 Å². The number of furan rings is 1. The van der Waals surface area contributed by atoms with E-state index >= 15 is 0 Å². The van der Waals surface area contributed by atoms with Crippen molar-refractivity contribution in [1.82, 2.24) is 14.4 Å². The first-order valence-electron chi connectivity index (χ1n) is 10.8. The summed E-state index contributed by atoms with van der Waals surface area (Å²) in [4.78, 5) is 29.1. The molecule has 3 amide bonds. The SMILES string of the molecule is CCCCN(CC(=O)N(Cc1ccco1)Cc1cccn1C)C(=O)Nc1ccc(F)cc1F. The number of amides is 3. The minimum absolute atomic E-state index is 0.147. The van der Waals surface area contributed by atoms with E-state index in [1.165, 1.54) is 4.90 Å². The van der Waals surface area contributed by atoms with Gasteiger partial charge in [0, 0.05) is 31.5 Å². The number of nitrogens with one attached hydrogen (secondary N) is 1. The standard InChI is InChI=1S/C24H28F2N4O3/c1-3-4-12-29(24(32)27-22-10-9-18(25)14-21(22)26)17-23(31)30(16-20-8-6-13-33-20)15-19-7-5-11-28(19)2/h5-11,13-14H,3-4,12,15-17H2,1-2H3,(H,27,32). The Morgan fingerprint density at radius 1 is 1.09 bits per heavy atom. The third-order valence-electron chi connectivity index (χ3n) is 5.25. The quantitative estimate of drug-likeness (QED) is 0.476. The van der Waals surface area contributed by atoms with E-state index in [-0.39, 0.29) is 24.7 Å². The Morgan fingerprint density at radius 2 is 1.91 bits per heavy atom. The first kappa shape index (κ1) is 24.0. The molecule has 176 valence electrons. The third kappa shape index (κ3) is 6.68. The van der Waals surface area contributed by atoms with Crippen molar-refractivity contribution in [2.45, 2.75) is 32.9 Å². The number of unbranched alkanes of at least 4 members (excludes halogenated alkanes) is 1. The number of rotatable bonds is 10. The molecule has 0 spiro atoms. The van der Waals surface area contributed by atoms with E-state index in [0.29, 0.717) is 31.3 Å². The Bertz CT molecular complexity index is 1070. The van der Waals surface area contributed by atoms with Crippen molar-refractivity contribution in [1.29, 1.82) is 0 Å². The van der Waals surface area contributed by atoms with Crippen LogP contribution in [0.3, 0.4) is 0 Å². The van der Waals surface area contributed by atoms with Gasteiger partial charge < -0.3 is 24.1 Å². The number of hydrogen-bond donors (Lipinski definition) is 1. The van der Waals surface area contributed by atoms with Crippen molar-refractivity contribution in [2.24, 2.45) is 7.05 Å². The molecule has 0 saturated heterocycles. The van der Waals surface area contributed by atoms with Gasteiger partial charge in [-0.2, -0.15) is 0 Å². The molecule has 2 heterocycles. The Labute approximate surface area is 191 Å². The van der Waals surface area contributed by atoms with E-state index in [9.17, 15) is 18.4 Å². The summed E-state index contributed by atoms with van der Waals surface area (Å²) < 4.78 is 34.5. The number of anilines is 1. The number of nitrogens with zero attached hydrogens (tertiary/aromatic N) is 3. The zero-order chi connectivity index (χ0) is 23.8. The number of carbonyl (C=O) groups excluding carboxylic acids is 2. The lowest BCUT2D eigenvalue weighted by Crippen LogP contribution is -2.44. The summed E-state index contributed by atoms with van der Waals surface area (Å²) in [6.45, 7) is 2.66. The summed E-state index contributed by atoms with van der Waals surface area (Å²) in [5.41, 5.74) is 0.777. The molecule has 2 aromatic heterocycles. The summed E-state index contributed by atoms with van der Waals surface area (Å²) in [5.74, 6) is -1.28. The number of benzene rings is 1. The summed E-state index contributed by atoms with van der Waals surface area (Å²) in [6, 6.07) is 9.63. The Morgan fingerprint density at radius 3 is 2.55 bits per heavy atom. The second-order valence-corrected chi connectivity index (χ2v) is 7.77. The largest absolute Gasteiger partial charge is 0.467 e. The van der Waals surface area contributed by atoms with Gasteiger partial charge in [-0.25, -0.2) is 13.6 Å². The smallest absolute Gasteiger partial charge is 0.322 e. The predicted molar refractivity (Wildman–Crippen MR) is 120 cm³/mol. The molecule has 0 bridgehead atoms. The van der Waals surface area contributed by atoms with Crippen molar-refractivity contribution < 1.29 is 22.8 Å². The fraction of sp³-hybridized carbons (Fsp3) is 0.333. The van der Waals surface area contributed by atoms with Crippen LogP contribution < -0.4 is 5.32 Å². The molecule has 9 heteroatoms. The minimum atomic E-state index is -0.881. The number of halogens is 2. The van der Waals surface area contributed by atoms with Crippen LogP contribution in [-0.2, 0) is 24.9 Å². The highest BCUT2D eigenvalue weighted by atomic mass is 19.1. The van der Waals surface area contributed by atoms with E-state index in [0.717, 1.165) is 24.2 Å². The lowest BCUT2D eigenvalue weighted by atomic mass is 10.2. The number of hydrogen-bond acceptors (Lipinski definition) is 3. The van der Waals surface area contributed by atoms with Crippen molar-refractivity contribution in [3.05, 3.63) is 78.0 Å². The zero-order valence-corrected chi connectivity index (χ0v) is 18.8. The van der Waals surface area contributed by atoms with Gasteiger partial charge in [0.2, 0.25) is 5.91 Å². The van der Waals surface area contributed by atoms with Crippen LogP contribution >= 0.6 is 0 Å². The number of carbonyl (C=O) groups is 2. The molecule has 7 nitrogen and oxygen atoms in total. The normalized spacial score (nSPS) is 10.8. The second-order valence-electron chi connectivity index (χ2n) is 7.77. The van der Waals surface area contributed by atoms with E-state index in [1.54, 1.807) is 23.3 Å². The maximum Gasteiger partial charge on any atom is 0.322 e. The molecular formula is C24H28F2N4O3. The van der Waals surface area contributed by atoms with Gasteiger partial charge in [-0.05, 0) is 42.8 Å². The van der Waals surface area contributed by atoms with E-state index < -0.39 is 17.7 Å². The average molecular weight is 459 g/mol. The molecule has 0 aliphatic heterocycles. The number of aryl methyl sites for hydroxylation is 1. The van der Waals surface area contributed by atoms with Crippen LogP contribution in [0.1, 0.15) is 31.2 Å². The van der Waals surface area contributed by atoms with Crippen molar-refractivity contribution in [3.63, 3.8) is 0 Å². The molecule has 1 aromatic carbocycles. The minimum Gasteiger partial charge on any atom is -0.467 e. The second kappa shape index (κ2) is 11.3. The molecule has 3 aromatic rings. The lowest BCUT2D eigenvalue weighted by Gasteiger charge is -2.27. The maximum atomic E-state index is 14.0. The fourth-order valence-electron chi connectivity index (χ4n) is 3.33. The Hall–Kier alpha value is -3.62. The van der Waals surface area contributed by atoms with Crippen LogP contribution in [0.25, 0.3) is 0 Å². The number of aromatic nitrogens is 1. The predicted octanol–water partition coefficient (Wildman–Crippen LogP) is 4.76. The van der Waals surface area contributed by atoms with Crippen LogP contribution in [0.5, 0.6) is 0 Å². The van der Waals surface area contributed by atoms with Gasteiger partial charge >= 0.3 is 6.03 Å². The first-order valence-corrected chi connectivity index (χ1v) is 10.8.